The van der Waals surface area contributed by atoms with E-state index in [0.29, 0.717) is 0 Å². The molecule has 1 nitrogen and oxygen atoms in total. The molecule has 0 amide bonds. The maximum atomic E-state index is 11.2. The van der Waals surface area contributed by atoms with Crippen LogP contribution in [-0.4, -0.2) is 21.3 Å². The zero-order valence-electron chi connectivity index (χ0n) is 18.5. The summed E-state index contributed by atoms with van der Waals surface area (Å²) < 4.78 is 0. The van der Waals surface area contributed by atoms with Crippen LogP contribution in [0.25, 0.3) is 0 Å². The fraction of sp³-hybridized carbons (Fsp3) is 0.565. The highest BCUT2D eigenvalue weighted by molar-refractivity contribution is 6.88. The highest BCUT2D eigenvalue weighted by Crippen LogP contribution is 2.44. The quantitative estimate of drug-likeness (QED) is 0.450. The van der Waals surface area contributed by atoms with Crippen molar-refractivity contribution >= 4 is 16.1 Å². The number of benzene rings is 1. The Morgan fingerprint density at radius 2 is 1.42 bits per heavy atom. The second-order valence-corrected chi connectivity index (χ2v) is 20.8. The molecule has 0 aliphatic carbocycles. The minimum Gasteiger partial charge on any atom is -0.384 e. The van der Waals surface area contributed by atoms with Crippen molar-refractivity contribution in [2.45, 2.75) is 83.9 Å². The van der Waals surface area contributed by atoms with Gasteiger partial charge in [-0.1, -0.05) is 104 Å². The zero-order valence-corrected chi connectivity index (χ0v) is 20.5. The lowest BCUT2D eigenvalue weighted by atomic mass is 10.1. The van der Waals surface area contributed by atoms with Gasteiger partial charge in [0.2, 0.25) is 0 Å². The Labute approximate surface area is 164 Å². The highest BCUT2D eigenvalue weighted by Gasteiger charge is 2.41. The zero-order chi connectivity index (χ0) is 20.4. The molecular weight excluding hydrogens is 348 g/mol. The Kier molecular flexibility index (Phi) is 6.96. The van der Waals surface area contributed by atoms with Gasteiger partial charge in [-0.05, 0) is 26.9 Å². The molecule has 0 aliphatic rings. The third kappa shape index (κ3) is 5.22. The Hall–Kier alpha value is -1.09. The maximum absolute atomic E-state index is 11.2. The van der Waals surface area contributed by atoms with Gasteiger partial charge in [-0.2, -0.15) is 0 Å². The van der Waals surface area contributed by atoms with E-state index in [4.69, 9.17) is 0 Å². The first-order valence-electron chi connectivity index (χ1n) is 9.57. The lowest BCUT2D eigenvalue weighted by Crippen LogP contribution is -2.42. The first-order chi connectivity index (χ1) is 11.6. The molecule has 0 spiro atoms. The first-order valence-corrected chi connectivity index (χ1v) is 15.6. The second kappa shape index (κ2) is 7.88. The lowest BCUT2D eigenvalue weighted by molar-refractivity contribution is 0.221. The van der Waals surface area contributed by atoms with E-state index < -0.39 is 22.3 Å². The number of rotatable bonds is 3. The minimum atomic E-state index is -1.90. The van der Waals surface area contributed by atoms with Gasteiger partial charge in [-0.3, -0.25) is 0 Å². The molecule has 0 heterocycles. The maximum Gasteiger partial charge on any atom is 0.138 e. The summed E-state index contributed by atoms with van der Waals surface area (Å²) in [5.74, 6) is 3.39. The van der Waals surface area contributed by atoms with Crippen molar-refractivity contribution in [2.24, 2.45) is 0 Å². The number of aliphatic hydroxyl groups is 1. The summed E-state index contributed by atoms with van der Waals surface area (Å²) in [5.41, 5.74) is 4.54. The number of allylic oxidation sites excluding steroid dienone is 1. The van der Waals surface area contributed by atoms with E-state index in [1.807, 2.05) is 30.3 Å². The molecular formula is C23H38OSi2. The van der Waals surface area contributed by atoms with Crippen LogP contribution in [0, 0.1) is 11.5 Å². The van der Waals surface area contributed by atoms with Crippen LogP contribution in [0.15, 0.2) is 41.6 Å². The molecule has 0 aromatic heterocycles. The molecule has 0 fully saturated rings. The topological polar surface area (TPSA) is 20.2 Å². The predicted octanol–water partition coefficient (Wildman–Crippen LogP) is 6.75. The van der Waals surface area contributed by atoms with Crippen molar-refractivity contribution in [2.75, 3.05) is 0 Å². The van der Waals surface area contributed by atoms with Gasteiger partial charge in [0.15, 0.2) is 0 Å². The van der Waals surface area contributed by atoms with Crippen LogP contribution in [0.1, 0.15) is 53.2 Å². The van der Waals surface area contributed by atoms with E-state index in [1.165, 1.54) is 0 Å². The van der Waals surface area contributed by atoms with Crippen LogP contribution in [0.2, 0.25) is 36.3 Å². The second-order valence-electron chi connectivity index (χ2n) is 10.4. The lowest BCUT2D eigenvalue weighted by Gasteiger charge is -2.40. The summed E-state index contributed by atoms with van der Waals surface area (Å²) in [6.45, 7) is 23.0. The van der Waals surface area contributed by atoms with Gasteiger partial charge in [0.05, 0.1) is 14.2 Å². The van der Waals surface area contributed by atoms with Crippen molar-refractivity contribution in [3.8, 4) is 11.5 Å². The number of hydrogen-bond acceptors (Lipinski definition) is 1. The first kappa shape index (κ1) is 23.0. The number of aliphatic hydroxyl groups excluding tert-OH is 1. The minimum absolute atomic E-state index is 0.146. The van der Waals surface area contributed by atoms with E-state index in [1.54, 1.807) is 0 Å². The van der Waals surface area contributed by atoms with E-state index in [-0.39, 0.29) is 10.1 Å². The third-order valence-electron chi connectivity index (χ3n) is 6.49. The molecule has 1 aromatic rings. The van der Waals surface area contributed by atoms with Crippen molar-refractivity contribution in [1.82, 2.24) is 0 Å². The molecule has 26 heavy (non-hydrogen) atoms. The summed E-state index contributed by atoms with van der Waals surface area (Å²) in [6.07, 6.45) is 1.47. The number of hydrogen-bond donors (Lipinski definition) is 1. The Bertz CT molecular complexity index is 690. The smallest absolute Gasteiger partial charge is 0.138 e. The molecule has 1 unspecified atom stereocenters. The summed E-state index contributed by atoms with van der Waals surface area (Å²) in [6, 6.07) is 9.98. The Morgan fingerprint density at radius 3 is 1.85 bits per heavy atom. The van der Waals surface area contributed by atoms with Crippen molar-refractivity contribution in [3.05, 3.63) is 47.2 Å². The SMILES string of the molecule is CC(C)(C)[Si](C)(C)C#C/C=C(/C(O)c1ccccc1)[Si](C)(C)C(C)(C)C. The van der Waals surface area contributed by atoms with E-state index in [2.05, 4.69) is 85.3 Å². The molecule has 3 heteroatoms. The molecule has 0 bridgehead atoms. The van der Waals surface area contributed by atoms with Crippen LogP contribution in [0.4, 0.5) is 0 Å². The summed E-state index contributed by atoms with van der Waals surface area (Å²) in [7, 11) is -3.56. The van der Waals surface area contributed by atoms with Crippen molar-refractivity contribution in [1.29, 1.82) is 0 Å². The summed E-state index contributed by atoms with van der Waals surface area (Å²) in [5, 5.41) is 12.7. The van der Waals surface area contributed by atoms with Crippen molar-refractivity contribution < 1.29 is 5.11 Å². The van der Waals surface area contributed by atoms with Gasteiger partial charge in [0.1, 0.15) is 8.07 Å². The van der Waals surface area contributed by atoms with E-state index in [0.717, 1.165) is 10.8 Å². The summed E-state index contributed by atoms with van der Waals surface area (Å²) in [4.78, 5) is 0. The normalized spacial score (nSPS) is 15.3. The molecule has 0 radical (unpaired) electrons. The average molecular weight is 387 g/mol. The van der Waals surface area contributed by atoms with Gasteiger partial charge in [0, 0.05) is 0 Å². The van der Waals surface area contributed by atoms with Gasteiger partial charge in [0.25, 0.3) is 0 Å². The fourth-order valence-electron chi connectivity index (χ4n) is 2.33. The van der Waals surface area contributed by atoms with E-state index in [9.17, 15) is 5.11 Å². The molecule has 144 valence electrons. The molecule has 0 aliphatic heterocycles. The van der Waals surface area contributed by atoms with Crippen LogP contribution in [0.5, 0.6) is 0 Å². The van der Waals surface area contributed by atoms with Crippen LogP contribution >= 0.6 is 0 Å². The van der Waals surface area contributed by atoms with Gasteiger partial charge < -0.3 is 5.11 Å². The highest BCUT2D eigenvalue weighted by atomic mass is 28.3. The van der Waals surface area contributed by atoms with Gasteiger partial charge >= 0.3 is 0 Å². The third-order valence-corrected chi connectivity index (χ3v) is 16.6. The molecule has 1 N–H and O–H groups in total. The predicted molar refractivity (Wildman–Crippen MR) is 122 cm³/mol. The van der Waals surface area contributed by atoms with Crippen LogP contribution in [0.3, 0.4) is 0 Å². The Balaban J connectivity index is 3.44. The average Bonchev–Trinajstić information content (AvgIpc) is 2.49. The standard InChI is InChI=1S/C23H38OSi2/c1-22(2,3)25(7,8)18-14-17-20(26(9,10)23(4,5)6)21(24)19-15-12-11-13-16-19/h11-13,15-17,21,24H,1-10H3/b20-17-. The monoisotopic (exact) mass is 386 g/mol. The fourth-order valence-corrected chi connectivity index (χ4v) is 5.29. The molecule has 0 saturated carbocycles. The summed E-state index contributed by atoms with van der Waals surface area (Å²) >= 11 is 0. The molecule has 1 aromatic carbocycles. The molecule has 0 saturated heterocycles. The van der Waals surface area contributed by atoms with Crippen LogP contribution < -0.4 is 0 Å². The van der Waals surface area contributed by atoms with E-state index >= 15 is 0 Å². The molecule has 1 atom stereocenters. The van der Waals surface area contributed by atoms with Crippen LogP contribution in [-0.2, 0) is 0 Å². The van der Waals surface area contributed by atoms with Crippen molar-refractivity contribution in [3.63, 3.8) is 0 Å². The van der Waals surface area contributed by atoms with Gasteiger partial charge in [-0.25, -0.2) is 0 Å². The van der Waals surface area contributed by atoms with Gasteiger partial charge in [-0.15, -0.1) is 5.54 Å². The molecule has 1 rings (SSSR count). The largest absolute Gasteiger partial charge is 0.384 e. The Morgan fingerprint density at radius 1 is 0.923 bits per heavy atom.